The fraction of sp³-hybridized carbons (Fsp3) is 0.333. The summed E-state index contributed by atoms with van der Waals surface area (Å²) in [5.74, 6) is 0.0413. The summed E-state index contributed by atoms with van der Waals surface area (Å²) >= 11 is 2.30. The van der Waals surface area contributed by atoms with Gasteiger partial charge < -0.3 is 19.4 Å². The largest absolute Gasteiger partial charge is 0.345 e. The Bertz CT molecular complexity index is 1410. The molecule has 0 saturated heterocycles. The van der Waals surface area contributed by atoms with E-state index in [1.54, 1.807) is 6.07 Å². The smallest absolute Gasteiger partial charge is 0.276 e. The van der Waals surface area contributed by atoms with E-state index >= 15 is 0 Å². The number of amides is 2. The summed E-state index contributed by atoms with van der Waals surface area (Å²) in [6.45, 7) is 3.62. The highest BCUT2D eigenvalue weighted by Crippen LogP contribution is 2.32. The van der Waals surface area contributed by atoms with E-state index in [0.29, 0.717) is 17.3 Å². The van der Waals surface area contributed by atoms with Crippen LogP contribution >= 0.6 is 22.6 Å². The normalized spacial score (nSPS) is 17.9. The number of aryl methyl sites for hydroxylation is 1. The fourth-order valence-electron chi connectivity index (χ4n) is 4.33. The van der Waals surface area contributed by atoms with Crippen LogP contribution < -0.4 is 10.6 Å². The summed E-state index contributed by atoms with van der Waals surface area (Å²) in [6.07, 6.45) is 0.925. The Hall–Kier alpha value is -2.99. The maximum absolute atomic E-state index is 13.2. The van der Waals surface area contributed by atoms with Gasteiger partial charge in [0.15, 0.2) is 0 Å². The molecule has 1 aliphatic rings. The van der Waals surface area contributed by atoms with Crippen LogP contribution in [0.15, 0.2) is 42.5 Å². The summed E-state index contributed by atoms with van der Waals surface area (Å²) in [5, 5.41) is 6.76. The van der Waals surface area contributed by atoms with Crippen molar-refractivity contribution in [3.63, 3.8) is 0 Å². The molecule has 1 aromatic carbocycles. The lowest BCUT2D eigenvalue weighted by molar-refractivity contribution is 0.0907. The van der Waals surface area contributed by atoms with E-state index in [9.17, 15) is 9.59 Å². The van der Waals surface area contributed by atoms with Gasteiger partial charge in [-0.3, -0.25) is 14.9 Å². The Labute approximate surface area is 210 Å². The maximum Gasteiger partial charge on any atom is 0.276 e. The van der Waals surface area contributed by atoms with E-state index in [1.807, 2.05) is 66.6 Å². The highest BCUT2D eigenvalue weighted by molar-refractivity contribution is 14.1. The molecule has 34 heavy (non-hydrogen) atoms. The van der Waals surface area contributed by atoms with Gasteiger partial charge in [0.25, 0.3) is 11.8 Å². The number of nitrogens with zero attached hydrogens (tertiary/aromatic N) is 5. The Morgan fingerprint density at radius 3 is 2.79 bits per heavy atom. The number of carbonyl (C=O) groups excluding carboxylic acids is 2. The first kappa shape index (κ1) is 22.8. The average Bonchev–Trinajstić information content (AvgIpc) is 3.36. The van der Waals surface area contributed by atoms with Gasteiger partial charge in [-0.05, 0) is 64.3 Å². The van der Waals surface area contributed by atoms with Crippen molar-refractivity contribution in [3.05, 3.63) is 53.9 Å². The van der Waals surface area contributed by atoms with Gasteiger partial charge >= 0.3 is 0 Å². The molecule has 0 radical (unpaired) electrons. The molecule has 10 heteroatoms. The molecular formula is C24H26IN7O2. The third-order valence-electron chi connectivity index (χ3n) is 6.04. The molecule has 1 aliphatic heterocycles. The topological polar surface area (TPSA) is 97.1 Å². The van der Waals surface area contributed by atoms with Gasteiger partial charge in [-0.15, -0.1) is 0 Å². The first-order chi connectivity index (χ1) is 16.3. The molecule has 0 fully saturated rings. The summed E-state index contributed by atoms with van der Waals surface area (Å²) in [4.78, 5) is 37.2. The zero-order valence-electron chi connectivity index (χ0n) is 19.2. The molecule has 1 unspecified atom stereocenters. The van der Waals surface area contributed by atoms with Crippen molar-refractivity contribution in [1.29, 1.82) is 0 Å². The summed E-state index contributed by atoms with van der Waals surface area (Å²) in [7, 11) is 4.09. The number of alkyl halides is 1. The number of carbonyl (C=O) groups is 2. The van der Waals surface area contributed by atoms with Crippen LogP contribution in [0.25, 0.3) is 22.1 Å². The van der Waals surface area contributed by atoms with Crippen LogP contribution in [0.1, 0.15) is 38.4 Å². The van der Waals surface area contributed by atoms with Crippen molar-refractivity contribution in [1.82, 2.24) is 29.3 Å². The number of hydrogen-bond acceptors (Lipinski definition) is 5. The number of halogens is 1. The summed E-state index contributed by atoms with van der Waals surface area (Å²) in [5.41, 5.74) is 3.28. The summed E-state index contributed by atoms with van der Waals surface area (Å²) < 4.78 is 3.95. The first-order valence-corrected chi connectivity index (χ1v) is 12.5. The van der Waals surface area contributed by atoms with Gasteiger partial charge in [0.05, 0.1) is 17.1 Å². The lowest BCUT2D eigenvalue weighted by Crippen LogP contribution is -2.43. The Morgan fingerprint density at radius 2 is 2.00 bits per heavy atom. The molecule has 3 aromatic heterocycles. The van der Waals surface area contributed by atoms with Crippen LogP contribution in [0.2, 0.25) is 0 Å². The number of anilines is 1. The SMILES string of the molecule is C[C@@H]1NC(=O)c2cc3ccc(C(=O)Nc4nc5ccccc5n4CCCN(C)C)nc3n2C1I. The molecule has 0 saturated carbocycles. The highest BCUT2D eigenvalue weighted by atomic mass is 127. The zero-order valence-corrected chi connectivity index (χ0v) is 21.4. The van der Waals surface area contributed by atoms with Crippen LogP contribution in [-0.4, -0.2) is 62.5 Å². The number of nitrogens with one attached hydrogen (secondary N) is 2. The number of benzene rings is 1. The van der Waals surface area contributed by atoms with Crippen molar-refractivity contribution >= 4 is 62.4 Å². The average molecular weight is 571 g/mol. The Morgan fingerprint density at radius 1 is 1.21 bits per heavy atom. The van der Waals surface area contributed by atoms with E-state index in [4.69, 9.17) is 0 Å². The van der Waals surface area contributed by atoms with Crippen molar-refractivity contribution in [2.45, 2.75) is 30.0 Å². The molecule has 4 aromatic rings. The Kier molecular flexibility index (Phi) is 6.02. The van der Waals surface area contributed by atoms with Crippen LogP contribution in [0.5, 0.6) is 0 Å². The van der Waals surface area contributed by atoms with Crippen molar-refractivity contribution < 1.29 is 9.59 Å². The molecule has 0 bridgehead atoms. The number of pyridine rings is 1. The number of hydrogen-bond donors (Lipinski definition) is 2. The van der Waals surface area contributed by atoms with Gasteiger partial charge in [-0.2, -0.15) is 0 Å². The number of rotatable bonds is 6. The third-order valence-corrected chi connectivity index (χ3v) is 7.67. The van der Waals surface area contributed by atoms with Crippen molar-refractivity contribution in [2.24, 2.45) is 0 Å². The van der Waals surface area contributed by atoms with E-state index in [-0.39, 0.29) is 27.6 Å². The predicted octanol–water partition coefficient (Wildman–Crippen LogP) is 3.66. The quantitative estimate of drug-likeness (QED) is 0.272. The van der Waals surface area contributed by atoms with E-state index in [1.165, 1.54) is 0 Å². The lowest BCUT2D eigenvalue weighted by Gasteiger charge is -2.28. The second-order valence-corrected chi connectivity index (χ2v) is 10.1. The number of imidazole rings is 1. The zero-order chi connectivity index (χ0) is 24.0. The van der Waals surface area contributed by atoms with Crippen LogP contribution in [0.3, 0.4) is 0 Å². The molecular weight excluding hydrogens is 545 g/mol. The van der Waals surface area contributed by atoms with Gasteiger partial charge in [0.1, 0.15) is 21.1 Å². The van der Waals surface area contributed by atoms with Gasteiger partial charge in [-0.25, -0.2) is 9.97 Å². The minimum absolute atomic E-state index is 0.00509. The van der Waals surface area contributed by atoms with Gasteiger partial charge in [0.2, 0.25) is 5.95 Å². The van der Waals surface area contributed by atoms with E-state index in [2.05, 4.69) is 48.1 Å². The minimum atomic E-state index is -0.333. The molecule has 2 amide bonds. The highest BCUT2D eigenvalue weighted by Gasteiger charge is 2.31. The molecule has 2 N–H and O–H groups in total. The molecule has 2 atom stereocenters. The van der Waals surface area contributed by atoms with Crippen molar-refractivity contribution in [2.75, 3.05) is 26.0 Å². The van der Waals surface area contributed by atoms with Crippen LogP contribution in [0, 0.1) is 0 Å². The Balaban J connectivity index is 1.48. The molecule has 0 aliphatic carbocycles. The molecule has 176 valence electrons. The second kappa shape index (κ2) is 8.99. The lowest BCUT2D eigenvalue weighted by atomic mass is 10.2. The van der Waals surface area contributed by atoms with Crippen LogP contribution in [-0.2, 0) is 6.54 Å². The van der Waals surface area contributed by atoms with Crippen LogP contribution in [0.4, 0.5) is 5.95 Å². The first-order valence-electron chi connectivity index (χ1n) is 11.2. The van der Waals surface area contributed by atoms with E-state index < -0.39 is 0 Å². The van der Waals surface area contributed by atoms with Gasteiger partial charge in [0, 0.05) is 11.9 Å². The molecule has 9 nitrogen and oxygen atoms in total. The summed E-state index contributed by atoms with van der Waals surface area (Å²) in [6, 6.07) is 13.2. The predicted molar refractivity (Wildman–Crippen MR) is 141 cm³/mol. The molecule has 0 spiro atoms. The third kappa shape index (κ3) is 4.05. The molecule has 4 heterocycles. The standard InChI is InChI=1S/C24H26IN7O2/c1-14-20(25)32-19(23(34)26-14)13-15-9-10-17(27-21(15)32)22(33)29-24-28-16-7-4-5-8-18(16)31(24)12-6-11-30(2)3/h4-5,7-10,13-14,20H,6,11-12H2,1-3H3,(H,26,34)(H,28,29,33)/t14-,20?/m0/s1. The van der Waals surface area contributed by atoms with Gasteiger partial charge in [-0.1, -0.05) is 34.7 Å². The monoisotopic (exact) mass is 571 g/mol. The minimum Gasteiger partial charge on any atom is -0.345 e. The molecule has 5 rings (SSSR count). The maximum atomic E-state index is 13.2. The second-order valence-electron chi connectivity index (χ2n) is 8.83. The van der Waals surface area contributed by atoms with E-state index in [0.717, 1.165) is 35.9 Å². The number of aromatic nitrogens is 4. The van der Waals surface area contributed by atoms with Crippen molar-refractivity contribution in [3.8, 4) is 0 Å². The number of fused-ring (bicyclic) bond motifs is 4. The number of para-hydroxylation sites is 2. The fourth-order valence-corrected chi connectivity index (χ4v) is 5.07.